The number of hydrogen-bond acceptors (Lipinski definition) is 2. The van der Waals surface area contributed by atoms with Crippen molar-refractivity contribution in [3.63, 3.8) is 0 Å². The summed E-state index contributed by atoms with van der Waals surface area (Å²) in [4.78, 5) is 0. The van der Waals surface area contributed by atoms with E-state index in [0.717, 1.165) is 40.1 Å². The molecule has 0 aliphatic carbocycles. The maximum absolute atomic E-state index is 6.38. The number of nitrogens with zero attached hydrogens (tertiary/aromatic N) is 2. The lowest BCUT2D eigenvalue weighted by atomic mass is 10.0. The van der Waals surface area contributed by atoms with Crippen LogP contribution in [-0.2, 0) is 13.5 Å². The molecule has 1 heterocycles. The van der Waals surface area contributed by atoms with Crippen molar-refractivity contribution in [3.05, 3.63) is 51.2 Å². The van der Waals surface area contributed by atoms with Crippen molar-refractivity contribution in [2.45, 2.75) is 25.8 Å². The molecule has 108 valence electrons. The second kappa shape index (κ2) is 7.25. The summed E-state index contributed by atoms with van der Waals surface area (Å²) in [6.45, 7) is 3.12. The zero-order valence-electron chi connectivity index (χ0n) is 11.7. The third-order valence-corrected chi connectivity index (χ3v) is 3.98. The van der Waals surface area contributed by atoms with Crippen LogP contribution in [0.15, 0.2) is 34.9 Å². The van der Waals surface area contributed by atoms with Gasteiger partial charge in [0.2, 0.25) is 0 Å². The maximum Gasteiger partial charge on any atom is 0.0643 e. The van der Waals surface area contributed by atoms with Crippen LogP contribution in [0, 0.1) is 0 Å². The van der Waals surface area contributed by atoms with Crippen molar-refractivity contribution in [3.8, 4) is 0 Å². The number of benzene rings is 1. The molecule has 0 bridgehead atoms. The second-order valence-corrected chi connectivity index (χ2v) is 6.18. The normalized spacial score (nSPS) is 12.6. The van der Waals surface area contributed by atoms with Crippen LogP contribution in [0.25, 0.3) is 0 Å². The summed E-state index contributed by atoms with van der Waals surface area (Å²) in [7, 11) is 1.94. The minimum Gasteiger partial charge on any atom is -0.310 e. The second-order valence-electron chi connectivity index (χ2n) is 4.86. The standard InChI is InChI=1S/C15H19BrClN3/c1-3-7-18-15(10-12-6-8-20(2)19-12)13-5-4-11(16)9-14(13)17/h4-6,8-9,15,18H,3,7,10H2,1-2H3. The number of rotatable bonds is 6. The SMILES string of the molecule is CCCNC(Cc1ccn(C)n1)c1ccc(Br)cc1Cl. The fourth-order valence-electron chi connectivity index (χ4n) is 2.18. The number of aromatic nitrogens is 2. The van der Waals surface area contributed by atoms with E-state index >= 15 is 0 Å². The van der Waals surface area contributed by atoms with E-state index < -0.39 is 0 Å². The van der Waals surface area contributed by atoms with Crippen LogP contribution >= 0.6 is 27.5 Å². The molecular formula is C15H19BrClN3. The third kappa shape index (κ3) is 4.08. The van der Waals surface area contributed by atoms with E-state index in [4.69, 9.17) is 11.6 Å². The molecule has 0 fully saturated rings. The average Bonchev–Trinajstić information content (AvgIpc) is 2.80. The van der Waals surface area contributed by atoms with Gasteiger partial charge in [-0.05, 0) is 36.7 Å². The molecule has 1 N–H and O–H groups in total. The summed E-state index contributed by atoms with van der Waals surface area (Å²) in [5.41, 5.74) is 2.19. The number of halogens is 2. The molecule has 5 heteroatoms. The van der Waals surface area contributed by atoms with Gasteiger partial charge in [-0.3, -0.25) is 4.68 Å². The van der Waals surface area contributed by atoms with E-state index in [0.29, 0.717) is 0 Å². The van der Waals surface area contributed by atoms with Crippen molar-refractivity contribution < 1.29 is 0 Å². The first kappa shape index (κ1) is 15.5. The molecule has 3 nitrogen and oxygen atoms in total. The van der Waals surface area contributed by atoms with Gasteiger partial charge in [-0.2, -0.15) is 5.10 Å². The van der Waals surface area contributed by atoms with Crippen LogP contribution in [0.3, 0.4) is 0 Å². The smallest absolute Gasteiger partial charge is 0.0643 e. The Bertz CT molecular complexity index is 568. The summed E-state index contributed by atoms with van der Waals surface area (Å²) in [5, 5.41) is 8.79. The Morgan fingerprint density at radius 1 is 1.40 bits per heavy atom. The Morgan fingerprint density at radius 2 is 2.20 bits per heavy atom. The quantitative estimate of drug-likeness (QED) is 0.844. The van der Waals surface area contributed by atoms with E-state index in [-0.39, 0.29) is 6.04 Å². The predicted octanol–water partition coefficient (Wildman–Crippen LogP) is 4.12. The highest BCUT2D eigenvalue weighted by Crippen LogP contribution is 2.28. The van der Waals surface area contributed by atoms with Gasteiger partial charge >= 0.3 is 0 Å². The van der Waals surface area contributed by atoms with Gasteiger partial charge in [0.25, 0.3) is 0 Å². The lowest BCUT2D eigenvalue weighted by Gasteiger charge is -2.19. The highest BCUT2D eigenvalue weighted by atomic mass is 79.9. The van der Waals surface area contributed by atoms with E-state index in [2.05, 4.69) is 39.3 Å². The van der Waals surface area contributed by atoms with Crippen LogP contribution in [-0.4, -0.2) is 16.3 Å². The number of aryl methyl sites for hydroxylation is 1. The van der Waals surface area contributed by atoms with Crippen molar-refractivity contribution >= 4 is 27.5 Å². The first-order valence-corrected chi connectivity index (χ1v) is 7.94. The summed E-state index contributed by atoms with van der Waals surface area (Å²) >= 11 is 9.83. The molecule has 1 aromatic heterocycles. The summed E-state index contributed by atoms with van der Waals surface area (Å²) in [6, 6.07) is 8.28. The molecule has 0 aliphatic rings. The Labute approximate surface area is 133 Å². The molecule has 0 amide bonds. The van der Waals surface area contributed by atoms with Gasteiger partial charge in [0.05, 0.1) is 5.69 Å². The average molecular weight is 357 g/mol. The highest BCUT2D eigenvalue weighted by Gasteiger charge is 2.16. The number of hydrogen-bond donors (Lipinski definition) is 1. The molecule has 0 radical (unpaired) electrons. The lowest BCUT2D eigenvalue weighted by Crippen LogP contribution is -2.24. The van der Waals surface area contributed by atoms with Gasteiger partial charge in [-0.15, -0.1) is 0 Å². The Kier molecular flexibility index (Phi) is 5.64. The molecule has 2 rings (SSSR count). The van der Waals surface area contributed by atoms with Crippen molar-refractivity contribution in [1.29, 1.82) is 0 Å². The zero-order chi connectivity index (χ0) is 14.5. The van der Waals surface area contributed by atoms with Crippen molar-refractivity contribution in [1.82, 2.24) is 15.1 Å². The predicted molar refractivity (Wildman–Crippen MR) is 87.1 cm³/mol. The van der Waals surface area contributed by atoms with E-state index in [9.17, 15) is 0 Å². The number of nitrogens with one attached hydrogen (secondary N) is 1. The van der Waals surface area contributed by atoms with E-state index in [1.54, 1.807) is 0 Å². The lowest BCUT2D eigenvalue weighted by molar-refractivity contribution is 0.521. The molecule has 1 aromatic carbocycles. The van der Waals surface area contributed by atoms with Gasteiger partial charge in [-0.25, -0.2) is 0 Å². The van der Waals surface area contributed by atoms with Gasteiger partial charge in [-0.1, -0.05) is 40.5 Å². The van der Waals surface area contributed by atoms with Gasteiger partial charge in [0.1, 0.15) is 0 Å². The van der Waals surface area contributed by atoms with Gasteiger partial charge in [0, 0.05) is 35.2 Å². The molecule has 0 spiro atoms. The first-order chi connectivity index (χ1) is 9.60. The zero-order valence-corrected chi connectivity index (χ0v) is 14.1. The summed E-state index contributed by atoms with van der Waals surface area (Å²) in [5.74, 6) is 0. The van der Waals surface area contributed by atoms with Crippen LogP contribution in [0.1, 0.15) is 30.6 Å². The van der Waals surface area contributed by atoms with Crippen LogP contribution in [0.5, 0.6) is 0 Å². The largest absolute Gasteiger partial charge is 0.310 e. The molecule has 0 aliphatic heterocycles. The van der Waals surface area contributed by atoms with E-state index in [1.807, 2.05) is 36.1 Å². The first-order valence-electron chi connectivity index (χ1n) is 6.77. The summed E-state index contributed by atoms with van der Waals surface area (Å²) < 4.78 is 2.83. The fourth-order valence-corrected chi connectivity index (χ4v) is 2.98. The van der Waals surface area contributed by atoms with Crippen LogP contribution in [0.2, 0.25) is 5.02 Å². The van der Waals surface area contributed by atoms with E-state index in [1.165, 1.54) is 0 Å². The Balaban J connectivity index is 2.22. The third-order valence-electron chi connectivity index (χ3n) is 3.16. The fraction of sp³-hybridized carbons (Fsp3) is 0.400. The minimum atomic E-state index is 0.186. The van der Waals surface area contributed by atoms with Crippen molar-refractivity contribution in [2.24, 2.45) is 7.05 Å². The molecule has 0 saturated carbocycles. The molecule has 1 atom stereocenters. The van der Waals surface area contributed by atoms with Gasteiger partial charge < -0.3 is 5.32 Å². The Morgan fingerprint density at radius 3 is 2.80 bits per heavy atom. The van der Waals surface area contributed by atoms with Gasteiger partial charge in [0.15, 0.2) is 0 Å². The van der Waals surface area contributed by atoms with Crippen LogP contribution in [0.4, 0.5) is 0 Å². The topological polar surface area (TPSA) is 29.9 Å². The monoisotopic (exact) mass is 355 g/mol. The molecule has 0 saturated heterocycles. The highest BCUT2D eigenvalue weighted by molar-refractivity contribution is 9.10. The minimum absolute atomic E-state index is 0.186. The van der Waals surface area contributed by atoms with Crippen LogP contribution < -0.4 is 5.32 Å². The molecular weight excluding hydrogens is 338 g/mol. The molecule has 20 heavy (non-hydrogen) atoms. The Hall–Kier alpha value is -0.840. The molecule has 1 unspecified atom stereocenters. The summed E-state index contributed by atoms with van der Waals surface area (Å²) in [6.07, 6.45) is 3.89. The van der Waals surface area contributed by atoms with Crippen molar-refractivity contribution in [2.75, 3.05) is 6.54 Å². The molecule has 2 aromatic rings. The maximum atomic E-state index is 6.38.